The van der Waals surface area contributed by atoms with E-state index in [1.54, 1.807) is 12.1 Å². The summed E-state index contributed by atoms with van der Waals surface area (Å²) in [6.07, 6.45) is -2.32. The molecule has 0 aliphatic rings. The summed E-state index contributed by atoms with van der Waals surface area (Å²) in [5.74, 6) is -0.0808. The first-order chi connectivity index (χ1) is 12.4. The lowest BCUT2D eigenvalue weighted by Crippen LogP contribution is -2.24. The standard InChI is InChI=1S/C20H23F3N2O/c1-2-3-12-25-19(26)17-8-4-15(5-9-17)13-24-14-16-6-10-18(11-7-16)20(21,22)23/h4-11,24H,2-3,12-14H2,1H3,(H,25,26). The Bertz CT molecular complexity index is 694. The molecule has 0 bridgehead atoms. The van der Waals surface area contributed by atoms with E-state index < -0.39 is 11.7 Å². The van der Waals surface area contributed by atoms with Crippen molar-refractivity contribution in [2.45, 2.75) is 39.0 Å². The molecule has 2 aromatic carbocycles. The van der Waals surface area contributed by atoms with Crippen molar-refractivity contribution in [1.82, 2.24) is 10.6 Å². The minimum atomic E-state index is -4.31. The fourth-order valence-corrected chi connectivity index (χ4v) is 2.42. The van der Waals surface area contributed by atoms with Gasteiger partial charge in [0, 0.05) is 25.2 Å². The zero-order valence-corrected chi connectivity index (χ0v) is 14.7. The molecule has 0 unspecified atom stereocenters. The maximum Gasteiger partial charge on any atom is 0.416 e. The highest BCUT2D eigenvalue weighted by molar-refractivity contribution is 5.94. The molecule has 6 heteroatoms. The lowest BCUT2D eigenvalue weighted by molar-refractivity contribution is -0.137. The second-order valence-electron chi connectivity index (χ2n) is 6.10. The van der Waals surface area contributed by atoms with E-state index >= 15 is 0 Å². The van der Waals surface area contributed by atoms with Gasteiger partial charge in [0.05, 0.1) is 5.56 Å². The van der Waals surface area contributed by atoms with Crippen LogP contribution in [0.15, 0.2) is 48.5 Å². The predicted molar refractivity (Wildman–Crippen MR) is 95.7 cm³/mol. The summed E-state index contributed by atoms with van der Waals surface area (Å²) >= 11 is 0. The van der Waals surface area contributed by atoms with Gasteiger partial charge in [-0.15, -0.1) is 0 Å². The number of rotatable bonds is 8. The molecular weight excluding hydrogens is 341 g/mol. The molecule has 0 heterocycles. The molecule has 0 atom stereocenters. The molecule has 0 saturated carbocycles. The first-order valence-electron chi connectivity index (χ1n) is 8.64. The Labute approximate surface area is 151 Å². The van der Waals surface area contributed by atoms with Crippen LogP contribution in [0.2, 0.25) is 0 Å². The monoisotopic (exact) mass is 364 g/mol. The molecule has 0 aromatic heterocycles. The zero-order chi connectivity index (χ0) is 19.0. The van der Waals surface area contributed by atoms with E-state index in [0.717, 1.165) is 36.1 Å². The molecule has 1 amide bonds. The molecule has 0 saturated heterocycles. The first kappa shape index (κ1) is 20.0. The molecule has 2 aromatic rings. The van der Waals surface area contributed by atoms with Crippen LogP contribution in [0.3, 0.4) is 0 Å². The first-order valence-corrected chi connectivity index (χ1v) is 8.64. The summed E-state index contributed by atoms with van der Waals surface area (Å²) in [4.78, 5) is 11.9. The second kappa shape index (κ2) is 9.38. The van der Waals surface area contributed by atoms with E-state index in [1.807, 2.05) is 12.1 Å². The number of unbranched alkanes of at least 4 members (excludes halogenated alkanes) is 1. The Morgan fingerprint density at radius 3 is 1.96 bits per heavy atom. The number of amides is 1. The van der Waals surface area contributed by atoms with Gasteiger partial charge in [-0.1, -0.05) is 37.6 Å². The molecule has 2 rings (SSSR count). The summed E-state index contributed by atoms with van der Waals surface area (Å²) in [7, 11) is 0. The van der Waals surface area contributed by atoms with Crippen molar-refractivity contribution in [2.75, 3.05) is 6.54 Å². The number of hydrogen-bond acceptors (Lipinski definition) is 2. The van der Waals surface area contributed by atoms with Gasteiger partial charge in [-0.2, -0.15) is 13.2 Å². The Morgan fingerprint density at radius 1 is 0.923 bits per heavy atom. The van der Waals surface area contributed by atoms with E-state index in [2.05, 4.69) is 17.6 Å². The number of alkyl halides is 3. The van der Waals surface area contributed by atoms with Crippen LogP contribution in [0.4, 0.5) is 13.2 Å². The molecule has 0 spiro atoms. The van der Waals surface area contributed by atoms with Gasteiger partial charge in [-0.25, -0.2) is 0 Å². The average molecular weight is 364 g/mol. The fraction of sp³-hybridized carbons (Fsp3) is 0.350. The Balaban J connectivity index is 1.80. The van der Waals surface area contributed by atoms with Crippen LogP contribution in [0.5, 0.6) is 0 Å². The van der Waals surface area contributed by atoms with Gasteiger partial charge in [0.25, 0.3) is 5.91 Å². The van der Waals surface area contributed by atoms with Gasteiger partial charge in [-0.05, 0) is 41.8 Å². The Morgan fingerprint density at radius 2 is 1.46 bits per heavy atom. The van der Waals surface area contributed by atoms with E-state index in [0.29, 0.717) is 25.2 Å². The Kier molecular flexibility index (Phi) is 7.21. The molecule has 0 fully saturated rings. The normalized spacial score (nSPS) is 11.4. The third kappa shape index (κ3) is 6.19. The fourth-order valence-electron chi connectivity index (χ4n) is 2.42. The van der Waals surface area contributed by atoms with Crippen molar-refractivity contribution in [3.8, 4) is 0 Å². The molecule has 0 aliphatic carbocycles. The van der Waals surface area contributed by atoms with E-state index in [1.165, 1.54) is 12.1 Å². The van der Waals surface area contributed by atoms with Crippen LogP contribution in [-0.2, 0) is 19.3 Å². The summed E-state index contributed by atoms with van der Waals surface area (Å²) in [6.45, 7) is 3.78. The number of nitrogens with one attached hydrogen (secondary N) is 2. The maximum absolute atomic E-state index is 12.5. The second-order valence-corrected chi connectivity index (χ2v) is 6.10. The Hall–Kier alpha value is -2.34. The van der Waals surface area contributed by atoms with Gasteiger partial charge in [0.15, 0.2) is 0 Å². The molecule has 26 heavy (non-hydrogen) atoms. The van der Waals surface area contributed by atoms with Crippen molar-refractivity contribution in [2.24, 2.45) is 0 Å². The predicted octanol–water partition coefficient (Wildman–Crippen LogP) is 4.53. The van der Waals surface area contributed by atoms with Crippen LogP contribution in [0.25, 0.3) is 0 Å². The largest absolute Gasteiger partial charge is 0.416 e. The lowest BCUT2D eigenvalue weighted by Gasteiger charge is -2.09. The van der Waals surface area contributed by atoms with E-state index in [-0.39, 0.29) is 5.91 Å². The highest BCUT2D eigenvalue weighted by Crippen LogP contribution is 2.29. The van der Waals surface area contributed by atoms with Crippen LogP contribution in [0, 0.1) is 0 Å². The SMILES string of the molecule is CCCCNC(=O)c1ccc(CNCc2ccc(C(F)(F)F)cc2)cc1. The van der Waals surface area contributed by atoms with Gasteiger partial charge in [-0.3, -0.25) is 4.79 Å². The van der Waals surface area contributed by atoms with Gasteiger partial charge >= 0.3 is 6.18 Å². The van der Waals surface area contributed by atoms with Crippen molar-refractivity contribution < 1.29 is 18.0 Å². The number of hydrogen-bond donors (Lipinski definition) is 2. The minimum Gasteiger partial charge on any atom is -0.352 e. The molecule has 2 N–H and O–H groups in total. The smallest absolute Gasteiger partial charge is 0.352 e. The van der Waals surface area contributed by atoms with Crippen LogP contribution in [0.1, 0.15) is 46.8 Å². The average Bonchev–Trinajstić information content (AvgIpc) is 2.62. The van der Waals surface area contributed by atoms with Crippen LogP contribution in [-0.4, -0.2) is 12.5 Å². The molecule has 140 valence electrons. The van der Waals surface area contributed by atoms with Gasteiger partial charge in [0.2, 0.25) is 0 Å². The topological polar surface area (TPSA) is 41.1 Å². The van der Waals surface area contributed by atoms with Gasteiger partial charge < -0.3 is 10.6 Å². The van der Waals surface area contributed by atoms with E-state index in [9.17, 15) is 18.0 Å². The number of carbonyl (C=O) groups excluding carboxylic acids is 1. The summed E-state index contributed by atoms with van der Waals surface area (Å²) in [5.41, 5.74) is 1.76. The van der Waals surface area contributed by atoms with Gasteiger partial charge in [0.1, 0.15) is 0 Å². The highest BCUT2D eigenvalue weighted by Gasteiger charge is 2.29. The molecular formula is C20H23F3N2O. The zero-order valence-electron chi connectivity index (χ0n) is 14.7. The number of carbonyl (C=O) groups is 1. The van der Waals surface area contributed by atoms with Crippen molar-refractivity contribution >= 4 is 5.91 Å². The van der Waals surface area contributed by atoms with Crippen LogP contribution >= 0.6 is 0 Å². The molecule has 0 aliphatic heterocycles. The maximum atomic E-state index is 12.5. The third-order valence-electron chi connectivity index (χ3n) is 3.97. The lowest BCUT2D eigenvalue weighted by atomic mass is 10.1. The van der Waals surface area contributed by atoms with Crippen molar-refractivity contribution in [3.05, 3.63) is 70.8 Å². The van der Waals surface area contributed by atoms with Crippen LogP contribution < -0.4 is 10.6 Å². The third-order valence-corrected chi connectivity index (χ3v) is 3.97. The number of benzene rings is 2. The van der Waals surface area contributed by atoms with E-state index in [4.69, 9.17) is 0 Å². The summed E-state index contributed by atoms with van der Waals surface area (Å²) in [6, 6.07) is 12.4. The number of halogens is 3. The molecule has 3 nitrogen and oxygen atoms in total. The minimum absolute atomic E-state index is 0.0808. The quantitative estimate of drug-likeness (QED) is 0.676. The summed E-state index contributed by atoms with van der Waals surface area (Å²) in [5, 5.41) is 6.05. The summed E-state index contributed by atoms with van der Waals surface area (Å²) < 4.78 is 37.6. The molecule has 0 radical (unpaired) electrons. The van der Waals surface area contributed by atoms with Crippen molar-refractivity contribution in [3.63, 3.8) is 0 Å². The highest BCUT2D eigenvalue weighted by atomic mass is 19.4. The van der Waals surface area contributed by atoms with Crippen molar-refractivity contribution in [1.29, 1.82) is 0 Å².